The first kappa shape index (κ1) is 27.1. The number of halogens is 1. The molecule has 1 aromatic carbocycles. The average molecular weight is 552 g/mol. The van der Waals surface area contributed by atoms with E-state index in [1.165, 1.54) is 6.26 Å². The van der Waals surface area contributed by atoms with Crippen LogP contribution in [0.5, 0.6) is 0 Å². The molecule has 1 aliphatic rings. The standard InChI is InChI=1S/C21H37N5O2S.HI/c1-6-22-21(23-14-17(2)16-26-11-9-25(4)10-12-26)24-15-19-7-8-20(18(3)13-19)29(5,27)28;/h7-8,13,17H,6,9-12,14-16H2,1-5H3,(H2,22,23,24);1H. The number of piperazine rings is 1. The van der Waals surface area contributed by atoms with Gasteiger partial charge in [0.2, 0.25) is 0 Å². The first-order chi connectivity index (χ1) is 13.7. The number of hydrogen-bond acceptors (Lipinski definition) is 5. The Labute approximate surface area is 199 Å². The van der Waals surface area contributed by atoms with E-state index in [0.29, 0.717) is 17.4 Å². The maximum Gasteiger partial charge on any atom is 0.191 e. The molecule has 2 rings (SSSR count). The molecular weight excluding hydrogens is 513 g/mol. The predicted molar refractivity (Wildman–Crippen MR) is 136 cm³/mol. The quantitative estimate of drug-likeness (QED) is 0.292. The minimum absolute atomic E-state index is 0. The van der Waals surface area contributed by atoms with Crippen LogP contribution in [0.25, 0.3) is 0 Å². The minimum Gasteiger partial charge on any atom is -0.357 e. The maximum absolute atomic E-state index is 11.8. The van der Waals surface area contributed by atoms with Gasteiger partial charge in [-0.15, -0.1) is 24.0 Å². The summed E-state index contributed by atoms with van der Waals surface area (Å²) < 4.78 is 23.5. The molecule has 0 bridgehead atoms. The van der Waals surface area contributed by atoms with Crippen molar-refractivity contribution in [2.24, 2.45) is 10.9 Å². The van der Waals surface area contributed by atoms with E-state index < -0.39 is 9.84 Å². The van der Waals surface area contributed by atoms with E-state index in [-0.39, 0.29) is 24.0 Å². The van der Waals surface area contributed by atoms with Crippen LogP contribution in [0.2, 0.25) is 0 Å². The molecule has 1 aromatic rings. The number of hydrogen-bond donors (Lipinski definition) is 2. The first-order valence-electron chi connectivity index (χ1n) is 10.4. The smallest absolute Gasteiger partial charge is 0.191 e. The molecule has 1 unspecified atom stereocenters. The van der Waals surface area contributed by atoms with Crippen molar-refractivity contribution in [3.05, 3.63) is 29.3 Å². The van der Waals surface area contributed by atoms with Gasteiger partial charge in [0.15, 0.2) is 15.8 Å². The summed E-state index contributed by atoms with van der Waals surface area (Å²) in [6.07, 6.45) is 1.24. The molecule has 1 fully saturated rings. The maximum atomic E-state index is 11.8. The third-order valence-electron chi connectivity index (χ3n) is 5.19. The van der Waals surface area contributed by atoms with E-state index in [1.54, 1.807) is 6.07 Å². The van der Waals surface area contributed by atoms with Gasteiger partial charge in [0.1, 0.15) is 0 Å². The molecule has 0 saturated carbocycles. The first-order valence-corrected chi connectivity index (χ1v) is 12.3. The van der Waals surface area contributed by atoms with Gasteiger partial charge in [0.25, 0.3) is 0 Å². The second-order valence-corrected chi connectivity index (χ2v) is 10.1. The molecule has 172 valence electrons. The number of likely N-dealkylation sites (N-methyl/N-ethyl adjacent to an activating group) is 1. The van der Waals surface area contributed by atoms with E-state index in [0.717, 1.165) is 62.9 Å². The fourth-order valence-electron chi connectivity index (χ4n) is 3.54. The van der Waals surface area contributed by atoms with Crippen molar-refractivity contribution in [3.63, 3.8) is 0 Å². The van der Waals surface area contributed by atoms with E-state index in [9.17, 15) is 8.42 Å². The Balaban J connectivity index is 0.00000450. The van der Waals surface area contributed by atoms with Crippen LogP contribution in [0, 0.1) is 12.8 Å². The highest BCUT2D eigenvalue weighted by Gasteiger charge is 2.16. The van der Waals surface area contributed by atoms with Gasteiger partial charge in [-0.3, -0.25) is 0 Å². The summed E-state index contributed by atoms with van der Waals surface area (Å²) in [7, 11) is -1.01. The molecule has 7 nitrogen and oxygen atoms in total. The van der Waals surface area contributed by atoms with Crippen LogP contribution in [0.4, 0.5) is 0 Å². The number of rotatable bonds is 8. The monoisotopic (exact) mass is 551 g/mol. The van der Waals surface area contributed by atoms with Gasteiger partial charge in [0.05, 0.1) is 11.4 Å². The molecule has 0 amide bonds. The Kier molecular flexibility index (Phi) is 11.6. The Morgan fingerprint density at radius 3 is 2.43 bits per heavy atom. The lowest BCUT2D eigenvalue weighted by Crippen LogP contribution is -2.47. The van der Waals surface area contributed by atoms with Crippen LogP contribution < -0.4 is 10.6 Å². The molecule has 1 aliphatic heterocycles. The Bertz CT molecular complexity index is 793. The van der Waals surface area contributed by atoms with E-state index >= 15 is 0 Å². The van der Waals surface area contributed by atoms with E-state index in [1.807, 2.05) is 19.1 Å². The number of benzene rings is 1. The largest absolute Gasteiger partial charge is 0.357 e. The third kappa shape index (κ3) is 9.07. The Morgan fingerprint density at radius 1 is 1.20 bits per heavy atom. The average Bonchev–Trinajstić information content (AvgIpc) is 2.65. The van der Waals surface area contributed by atoms with Gasteiger partial charge in [0, 0.05) is 52.1 Å². The highest BCUT2D eigenvalue weighted by atomic mass is 127. The number of sulfone groups is 1. The van der Waals surface area contributed by atoms with Crippen molar-refractivity contribution in [2.75, 3.05) is 59.1 Å². The molecule has 9 heteroatoms. The predicted octanol–water partition coefficient (Wildman–Crippen LogP) is 1.96. The molecule has 0 spiro atoms. The molecule has 0 aliphatic carbocycles. The molecular formula is C21H38IN5O2S. The van der Waals surface area contributed by atoms with Crippen LogP contribution in [0.3, 0.4) is 0 Å². The number of nitrogens with one attached hydrogen (secondary N) is 2. The topological polar surface area (TPSA) is 77.0 Å². The summed E-state index contributed by atoms with van der Waals surface area (Å²) in [4.78, 5) is 9.96. The lowest BCUT2D eigenvalue weighted by atomic mass is 10.1. The highest BCUT2D eigenvalue weighted by molar-refractivity contribution is 14.0. The van der Waals surface area contributed by atoms with Crippen LogP contribution in [-0.2, 0) is 16.4 Å². The molecule has 30 heavy (non-hydrogen) atoms. The normalized spacial score (nSPS) is 17.3. The summed E-state index contributed by atoms with van der Waals surface area (Å²) in [6.45, 7) is 14.0. The summed E-state index contributed by atoms with van der Waals surface area (Å²) in [5, 5.41) is 6.74. The van der Waals surface area contributed by atoms with E-state index in [4.69, 9.17) is 0 Å². The van der Waals surface area contributed by atoms with Crippen molar-refractivity contribution in [3.8, 4) is 0 Å². The van der Waals surface area contributed by atoms with Crippen LogP contribution in [0.1, 0.15) is 25.0 Å². The van der Waals surface area contributed by atoms with Crippen molar-refractivity contribution in [1.82, 2.24) is 20.4 Å². The number of aliphatic imine (C=N–C) groups is 1. The molecule has 1 heterocycles. The van der Waals surface area contributed by atoms with Gasteiger partial charge >= 0.3 is 0 Å². The number of guanidine groups is 1. The summed E-state index contributed by atoms with van der Waals surface area (Å²) in [6, 6.07) is 5.42. The lowest BCUT2D eigenvalue weighted by molar-refractivity contribution is 0.139. The van der Waals surface area contributed by atoms with Crippen molar-refractivity contribution < 1.29 is 8.42 Å². The summed E-state index contributed by atoms with van der Waals surface area (Å²) in [5.41, 5.74) is 1.76. The van der Waals surface area contributed by atoms with Crippen LogP contribution >= 0.6 is 24.0 Å². The van der Waals surface area contributed by atoms with E-state index in [2.05, 4.69) is 46.3 Å². The van der Waals surface area contributed by atoms with Crippen molar-refractivity contribution in [2.45, 2.75) is 32.2 Å². The Hall–Kier alpha value is -0.910. The summed E-state index contributed by atoms with van der Waals surface area (Å²) in [5.74, 6) is 1.32. The second kappa shape index (κ2) is 12.8. The van der Waals surface area contributed by atoms with Gasteiger partial charge in [-0.1, -0.05) is 19.1 Å². The van der Waals surface area contributed by atoms with Crippen molar-refractivity contribution >= 4 is 39.8 Å². The fourth-order valence-corrected chi connectivity index (χ4v) is 4.50. The fraction of sp³-hybridized carbons (Fsp3) is 0.667. The zero-order valence-corrected chi connectivity index (χ0v) is 22.1. The summed E-state index contributed by atoms with van der Waals surface area (Å²) >= 11 is 0. The Morgan fingerprint density at radius 2 is 1.87 bits per heavy atom. The molecule has 1 atom stereocenters. The molecule has 0 radical (unpaired) electrons. The molecule has 1 saturated heterocycles. The zero-order chi connectivity index (χ0) is 21.4. The lowest BCUT2D eigenvalue weighted by Gasteiger charge is -2.34. The van der Waals surface area contributed by atoms with Gasteiger partial charge in [-0.2, -0.15) is 0 Å². The molecule has 2 N–H and O–H groups in total. The minimum atomic E-state index is -3.19. The van der Waals surface area contributed by atoms with Crippen molar-refractivity contribution in [1.29, 1.82) is 0 Å². The third-order valence-corrected chi connectivity index (χ3v) is 6.44. The van der Waals surface area contributed by atoms with Crippen LogP contribution in [-0.4, -0.2) is 83.3 Å². The second-order valence-electron chi connectivity index (χ2n) is 8.16. The van der Waals surface area contributed by atoms with Gasteiger partial charge in [-0.25, -0.2) is 13.4 Å². The SMILES string of the molecule is CCNC(=NCc1ccc(S(C)(=O)=O)c(C)c1)NCC(C)CN1CCN(C)CC1.I. The van der Waals surface area contributed by atoms with Gasteiger partial charge < -0.3 is 20.4 Å². The van der Waals surface area contributed by atoms with Crippen LogP contribution in [0.15, 0.2) is 28.1 Å². The molecule has 0 aromatic heterocycles. The zero-order valence-electron chi connectivity index (χ0n) is 18.9. The van der Waals surface area contributed by atoms with Gasteiger partial charge in [-0.05, 0) is 44.0 Å². The highest BCUT2D eigenvalue weighted by Crippen LogP contribution is 2.17. The number of aryl methyl sites for hydroxylation is 1. The number of nitrogens with zero attached hydrogens (tertiary/aromatic N) is 3.